The summed E-state index contributed by atoms with van der Waals surface area (Å²) in [6.45, 7) is 3.22. The van der Waals surface area contributed by atoms with Crippen LogP contribution in [-0.2, 0) is 48.0 Å². The number of carbonyl (C=O) groups excluding carboxylic acids is 2. The van der Waals surface area contributed by atoms with E-state index in [0.29, 0.717) is 6.61 Å². The van der Waals surface area contributed by atoms with E-state index in [1.165, 1.54) is 30.5 Å². The maximum atomic E-state index is 12.1. The largest absolute Gasteiger partial charge is 0.463 e. The molecule has 0 saturated carbocycles. The Morgan fingerprint density at radius 3 is 2.50 bits per heavy atom. The fourth-order valence-electron chi connectivity index (χ4n) is 5.04. The smallest absolute Gasteiger partial charge is 0.303 e. The molecule has 2 aromatic rings. The lowest BCUT2D eigenvalue weighted by atomic mass is 9.81. The van der Waals surface area contributed by atoms with Crippen LogP contribution >= 0.6 is 0 Å². The first-order valence-electron chi connectivity index (χ1n) is 10.4. The number of benzene rings is 2. The molecule has 0 spiro atoms. The SMILES string of the molecule is CC(=O)OC[C@H]1O[C@@H]2OCc3c4c(c(-c5ccccc5)c(c32)[C@H]1OC(C)=O)CCC4. The second kappa shape index (κ2) is 7.52. The van der Waals surface area contributed by atoms with Crippen LogP contribution < -0.4 is 0 Å². The number of hydrogen-bond acceptors (Lipinski definition) is 6. The zero-order chi connectivity index (χ0) is 20.8. The van der Waals surface area contributed by atoms with E-state index in [1.54, 1.807) is 0 Å². The molecular weight excluding hydrogens is 384 g/mol. The van der Waals surface area contributed by atoms with E-state index in [0.717, 1.165) is 41.5 Å². The Labute approximate surface area is 175 Å². The van der Waals surface area contributed by atoms with Crippen molar-refractivity contribution in [1.29, 1.82) is 0 Å². The maximum Gasteiger partial charge on any atom is 0.303 e. The first-order chi connectivity index (χ1) is 14.5. The van der Waals surface area contributed by atoms with Crippen LogP contribution in [0.25, 0.3) is 11.1 Å². The topological polar surface area (TPSA) is 71.1 Å². The number of carbonyl (C=O) groups is 2. The average molecular weight is 408 g/mol. The van der Waals surface area contributed by atoms with Crippen LogP contribution in [0.5, 0.6) is 0 Å². The molecule has 0 bridgehead atoms. The quantitative estimate of drug-likeness (QED) is 0.714. The highest BCUT2D eigenvalue weighted by Crippen LogP contribution is 2.53. The summed E-state index contributed by atoms with van der Waals surface area (Å²) in [5, 5.41) is 0. The van der Waals surface area contributed by atoms with Crippen LogP contribution in [0, 0.1) is 0 Å². The van der Waals surface area contributed by atoms with Crippen molar-refractivity contribution in [2.24, 2.45) is 0 Å². The third kappa shape index (κ3) is 3.11. The van der Waals surface area contributed by atoms with Crippen LogP contribution in [0.4, 0.5) is 0 Å². The van der Waals surface area contributed by atoms with Gasteiger partial charge in [-0.1, -0.05) is 30.3 Å². The molecule has 2 aliphatic heterocycles. The van der Waals surface area contributed by atoms with Gasteiger partial charge in [-0.2, -0.15) is 0 Å². The third-order valence-electron chi connectivity index (χ3n) is 6.11. The zero-order valence-electron chi connectivity index (χ0n) is 17.1. The number of ether oxygens (including phenoxy) is 4. The molecule has 1 aliphatic carbocycles. The third-order valence-corrected chi connectivity index (χ3v) is 6.11. The number of hydrogen-bond donors (Lipinski definition) is 0. The molecule has 2 heterocycles. The monoisotopic (exact) mass is 408 g/mol. The van der Waals surface area contributed by atoms with Gasteiger partial charge in [0.05, 0.1) is 6.61 Å². The van der Waals surface area contributed by atoms with Crippen molar-refractivity contribution < 1.29 is 28.5 Å². The van der Waals surface area contributed by atoms with Gasteiger partial charge in [0.15, 0.2) is 12.4 Å². The molecule has 0 unspecified atom stereocenters. The Bertz CT molecular complexity index is 1010. The van der Waals surface area contributed by atoms with Gasteiger partial charge < -0.3 is 18.9 Å². The van der Waals surface area contributed by atoms with Crippen LogP contribution in [-0.4, -0.2) is 24.6 Å². The Morgan fingerprint density at radius 2 is 1.77 bits per heavy atom. The zero-order valence-corrected chi connectivity index (χ0v) is 17.1. The highest BCUT2D eigenvalue weighted by Gasteiger charge is 2.46. The van der Waals surface area contributed by atoms with Gasteiger partial charge in [0, 0.05) is 25.0 Å². The lowest BCUT2D eigenvalue weighted by Crippen LogP contribution is -2.37. The summed E-state index contributed by atoms with van der Waals surface area (Å²) in [6, 6.07) is 10.2. The molecular formula is C24H24O6. The minimum atomic E-state index is -0.672. The molecule has 0 N–H and O–H groups in total. The van der Waals surface area contributed by atoms with Crippen molar-refractivity contribution in [2.45, 2.75) is 58.2 Å². The highest BCUT2D eigenvalue weighted by molar-refractivity contribution is 5.78. The average Bonchev–Trinajstić information content (AvgIpc) is 3.36. The minimum Gasteiger partial charge on any atom is -0.463 e. The lowest BCUT2D eigenvalue weighted by Gasteiger charge is -2.37. The van der Waals surface area contributed by atoms with Crippen molar-refractivity contribution in [3.8, 4) is 11.1 Å². The van der Waals surface area contributed by atoms with Crippen molar-refractivity contribution in [3.05, 3.63) is 58.1 Å². The van der Waals surface area contributed by atoms with Crippen molar-refractivity contribution in [2.75, 3.05) is 6.61 Å². The molecule has 0 saturated heterocycles. The summed E-state index contributed by atoms with van der Waals surface area (Å²) in [5.41, 5.74) is 7.95. The van der Waals surface area contributed by atoms with Gasteiger partial charge in [-0.15, -0.1) is 0 Å². The van der Waals surface area contributed by atoms with Crippen molar-refractivity contribution in [1.82, 2.24) is 0 Å². The maximum absolute atomic E-state index is 12.1. The lowest BCUT2D eigenvalue weighted by molar-refractivity contribution is -0.222. The first kappa shape index (κ1) is 19.3. The standard InChI is InChI=1S/C24H24O6/c1-13(25)27-12-19-23(29-14(2)26)22-20(15-7-4-3-5-8-15)17-10-6-9-16(17)18-11-28-24(30-19)21(18)22/h3-5,7-8,19,23-24H,6,9-12H2,1-2H3/t19-,23+,24+/m1/s1. The first-order valence-corrected chi connectivity index (χ1v) is 10.4. The van der Waals surface area contributed by atoms with Crippen molar-refractivity contribution >= 4 is 11.9 Å². The van der Waals surface area contributed by atoms with E-state index in [2.05, 4.69) is 12.1 Å². The van der Waals surface area contributed by atoms with Gasteiger partial charge >= 0.3 is 11.9 Å². The van der Waals surface area contributed by atoms with Crippen LogP contribution in [0.15, 0.2) is 30.3 Å². The predicted molar refractivity (Wildman–Crippen MR) is 107 cm³/mol. The molecule has 3 atom stereocenters. The molecule has 6 nitrogen and oxygen atoms in total. The van der Waals surface area contributed by atoms with E-state index in [4.69, 9.17) is 18.9 Å². The molecule has 0 fully saturated rings. The van der Waals surface area contributed by atoms with Crippen molar-refractivity contribution in [3.63, 3.8) is 0 Å². The molecule has 0 aromatic heterocycles. The molecule has 6 heteroatoms. The van der Waals surface area contributed by atoms with Gasteiger partial charge in [-0.3, -0.25) is 9.59 Å². The second-order valence-corrected chi connectivity index (χ2v) is 8.01. The summed E-state index contributed by atoms with van der Waals surface area (Å²) >= 11 is 0. The number of fused-ring (bicyclic) bond motifs is 2. The summed E-state index contributed by atoms with van der Waals surface area (Å²) in [7, 11) is 0. The van der Waals surface area contributed by atoms with Crippen LogP contribution in [0.2, 0.25) is 0 Å². The van der Waals surface area contributed by atoms with Crippen LogP contribution in [0.1, 0.15) is 60.5 Å². The summed E-state index contributed by atoms with van der Waals surface area (Å²) in [4.78, 5) is 23.5. The summed E-state index contributed by atoms with van der Waals surface area (Å²) < 4.78 is 23.2. The summed E-state index contributed by atoms with van der Waals surface area (Å²) in [6.07, 6.45) is 1.23. The molecule has 3 aliphatic rings. The molecule has 0 radical (unpaired) electrons. The van der Waals surface area contributed by atoms with Crippen LogP contribution in [0.3, 0.4) is 0 Å². The van der Waals surface area contributed by atoms with E-state index in [1.807, 2.05) is 18.2 Å². The van der Waals surface area contributed by atoms with Gasteiger partial charge in [0.1, 0.15) is 12.7 Å². The molecule has 30 heavy (non-hydrogen) atoms. The van der Waals surface area contributed by atoms with Gasteiger partial charge in [-0.25, -0.2) is 0 Å². The van der Waals surface area contributed by atoms with Gasteiger partial charge in [0.2, 0.25) is 0 Å². The number of esters is 2. The Balaban J connectivity index is 1.74. The molecule has 156 valence electrons. The Hall–Kier alpha value is -2.70. The second-order valence-electron chi connectivity index (χ2n) is 8.01. The van der Waals surface area contributed by atoms with E-state index in [9.17, 15) is 9.59 Å². The fourth-order valence-corrected chi connectivity index (χ4v) is 5.04. The predicted octanol–water partition coefficient (Wildman–Crippen LogP) is 3.94. The normalized spacial score (nSPS) is 23.6. The Morgan fingerprint density at radius 1 is 1.00 bits per heavy atom. The molecule has 0 amide bonds. The Kier molecular flexibility index (Phi) is 4.83. The molecule has 2 aromatic carbocycles. The van der Waals surface area contributed by atoms with Gasteiger partial charge in [0.25, 0.3) is 0 Å². The molecule has 5 rings (SSSR count). The van der Waals surface area contributed by atoms with E-state index in [-0.39, 0.29) is 6.61 Å². The van der Waals surface area contributed by atoms with E-state index < -0.39 is 30.4 Å². The fraction of sp³-hybridized carbons (Fsp3) is 0.417. The summed E-state index contributed by atoms with van der Waals surface area (Å²) in [5.74, 6) is -0.807. The minimum absolute atomic E-state index is 0.00672. The van der Waals surface area contributed by atoms with Gasteiger partial charge in [-0.05, 0) is 47.1 Å². The van der Waals surface area contributed by atoms with E-state index >= 15 is 0 Å². The highest BCUT2D eigenvalue weighted by atomic mass is 16.7. The number of rotatable bonds is 4.